The van der Waals surface area contributed by atoms with E-state index in [4.69, 9.17) is 0 Å². The molecule has 1 fully saturated rings. The minimum absolute atomic E-state index is 0.355. The predicted molar refractivity (Wildman–Crippen MR) is 259 cm³/mol. The van der Waals surface area contributed by atoms with Gasteiger partial charge in [0, 0.05) is 57.1 Å². The molecule has 2 heteroatoms. The summed E-state index contributed by atoms with van der Waals surface area (Å²) in [6, 6.07) is 23.4. The summed E-state index contributed by atoms with van der Waals surface area (Å²) in [5, 5.41) is 2.93. The van der Waals surface area contributed by atoms with Gasteiger partial charge in [0.2, 0.25) is 0 Å². The molecular formula is C60H60N2. The molecule has 10 unspecified atom stereocenters. The van der Waals surface area contributed by atoms with Crippen molar-refractivity contribution in [1.82, 2.24) is 9.47 Å². The molecule has 310 valence electrons. The van der Waals surface area contributed by atoms with Crippen LogP contribution in [0, 0.1) is 35.5 Å². The van der Waals surface area contributed by atoms with Crippen LogP contribution in [0.2, 0.25) is 0 Å². The maximum Gasteiger partial charge on any atom is 0.0552 e. The second kappa shape index (κ2) is 16.3. The van der Waals surface area contributed by atoms with Crippen molar-refractivity contribution in [3.8, 4) is 0 Å². The fourth-order valence-electron chi connectivity index (χ4n) is 12.9. The van der Waals surface area contributed by atoms with E-state index in [0.717, 1.165) is 38.0 Å². The van der Waals surface area contributed by atoms with E-state index in [1.807, 2.05) is 0 Å². The summed E-state index contributed by atoms with van der Waals surface area (Å²) in [4.78, 5) is 2.76. The Labute approximate surface area is 369 Å². The lowest BCUT2D eigenvalue weighted by Crippen LogP contribution is -2.37. The van der Waals surface area contributed by atoms with Crippen LogP contribution in [0.4, 0.5) is 0 Å². The van der Waals surface area contributed by atoms with Crippen molar-refractivity contribution in [3.05, 3.63) is 214 Å². The molecule has 8 aliphatic carbocycles. The Kier molecular flexibility index (Phi) is 10.00. The van der Waals surface area contributed by atoms with Crippen molar-refractivity contribution in [3.63, 3.8) is 0 Å². The number of benzene rings is 2. The number of aromatic nitrogens is 1. The Morgan fingerprint density at radius 3 is 2.26 bits per heavy atom. The summed E-state index contributed by atoms with van der Waals surface area (Å²) in [6.45, 7) is 0. The van der Waals surface area contributed by atoms with E-state index in [0.29, 0.717) is 53.6 Å². The molecule has 0 amide bonds. The van der Waals surface area contributed by atoms with E-state index in [1.54, 1.807) is 5.69 Å². The molecule has 0 bridgehead atoms. The van der Waals surface area contributed by atoms with Crippen LogP contribution in [0.3, 0.4) is 0 Å². The number of hydrogen-bond donors (Lipinski definition) is 0. The summed E-state index contributed by atoms with van der Waals surface area (Å²) in [5.74, 6) is 3.61. The van der Waals surface area contributed by atoms with E-state index in [9.17, 15) is 0 Å². The monoisotopic (exact) mass is 808 g/mol. The number of hydrogen-bond acceptors (Lipinski definition) is 1. The van der Waals surface area contributed by atoms with Crippen LogP contribution in [0.25, 0.3) is 23.8 Å². The van der Waals surface area contributed by atoms with Gasteiger partial charge >= 0.3 is 0 Å². The molecule has 0 radical (unpaired) electrons. The Morgan fingerprint density at radius 2 is 1.44 bits per heavy atom. The highest BCUT2D eigenvalue weighted by atomic mass is 15.2. The van der Waals surface area contributed by atoms with E-state index in [2.05, 4.69) is 192 Å². The van der Waals surface area contributed by atoms with Crippen molar-refractivity contribution in [2.75, 3.05) is 0 Å². The lowest BCUT2D eigenvalue weighted by Gasteiger charge is -2.36. The van der Waals surface area contributed by atoms with Crippen LogP contribution in [0.15, 0.2) is 181 Å². The highest BCUT2D eigenvalue weighted by molar-refractivity contribution is 5.71. The van der Waals surface area contributed by atoms with Crippen molar-refractivity contribution in [1.29, 1.82) is 0 Å². The van der Waals surface area contributed by atoms with Crippen molar-refractivity contribution in [2.45, 2.75) is 88.3 Å². The van der Waals surface area contributed by atoms with Gasteiger partial charge in [-0.1, -0.05) is 176 Å². The molecule has 2 heterocycles. The summed E-state index contributed by atoms with van der Waals surface area (Å²) in [5.41, 5.74) is 11.8. The van der Waals surface area contributed by atoms with Gasteiger partial charge in [-0.3, -0.25) is 0 Å². The molecule has 0 saturated carbocycles. The lowest BCUT2D eigenvalue weighted by atomic mass is 9.73. The Balaban J connectivity index is 0.804. The third-order valence-corrected chi connectivity index (χ3v) is 16.1. The second-order valence-corrected chi connectivity index (χ2v) is 19.5. The van der Waals surface area contributed by atoms with Gasteiger partial charge in [0.25, 0.3) is 0 Å². The third-order valence-electron chi connectivity index (χ3n) is 16.1. The van der Waals surface area contributed by atoms with Gasteiger partial charge in [-0.25, -0.2) is 0 Å². The number of nitrogens with zero attached hydrogens (tertiary/aromatic N) is 2. The molecule has 3 aromatic rings. The van der Waals surface area contributed by atoms with Crippen LogP contribution in [0.5, 0.6) is 0 Å². The number of allylic oxidation sites excluding steroid dienone is 16. The van der Waals surface area contributed by atoms with Crippen LogP contribution in [-0.2, 0) is 6.42 Å². The molecule has 2 nitrogen and oxygen atoms in total. The Morgan fingerprint density at radius 1 is 0.581 bits per heavy atom. The summed E-state index contributed by atoms with van der Waals surface area (Å²) >= 11 is 0. The molecule has 1 aliphatic heterocycles. The molecule has 12 rings (SSSR count). The average molecular weight is 809 g/mol. The molecule has 2 aromatic carbocycles. The third kappa shape index (κ3) is 6.86. The number of likely N-dealkylation sites (tertiary alicyclic amines) is 1. The first-order valence-electron chi connectivity index (χ1n) is 24.1. The van der Waals surface area contributed by atoms with Crippen molar-refractivity contribution < 1.29 is 0 Å². The molecule has 9 aliphatic rings. The molecule has 1 aromatic heterocycles. The van der Waals surface area contributed by atoms with E-state index in [1.165, 1.54) is 81.8 Å². The van der Waals surface area contributed by atoms with Crippen LogP contribution in [-0.4, -0.2) is 21.6 Å². The van der Waals surface area contributed by atoms with Gasteiger partial charge in [0.15, 0.2) is 0 Å². The Bertz CT molecular complexity index is 2700. The summed E-state index contributed by atoms with van der Waals surface area (Å²) in [7, 11) is 0. The molecular weight excluding hydrogens is 749 g/mol. The van der Waals surface area contributed by atoms with E-state index < -0.39 is 0 Å². The Hall–Kier alpha value is -5.60. The normalized spacial score (nSPS) is 32.7. The van der Waals surface area contributed by atoms with Crippen molar-refractivity contribution >= 4 is 23.8 Å². The van der Waals surface area contributed by atoms with Crippen LogP contribution >= 0.6 is 0 Å². The summed E-state index contributed by atoms with van der Waals surface area (Å²) < 4.78 is 2.74. The standard InChI is InChI=1S/C60H60N2/c1-4-14-41(15-5-1)44-24-30-51(31-25-44)61-57-22-12-10-20-53(57)55-39-46(28-34-59(55)61)47-29-35-60-56(40-47)54-21-11-13-23-58(54)62(60)52-32-26-45(27-33-52)50-37-48(42-16-6-2-7-17-42)36-49(38-50)43-18-8-3-9-19-43/h1-8,10-11,13-17,20-21,23-24,26,29-30,32-35,37-40,43-46,49,51,54,56,58,60H,9,12,18-19,22,25,27-28,31,36H2. The summed E-state index contributed by atoms with van der Waals surface area (Å²) in [6.07, 6.45) is 61.8. The number of fused-ring (bicyclic) bond motifs is 6. The predicted octanol–water partition coefficient (Wildman–Crippen LogP) is 12.5. The molecule has 1 saturated heterocycles. The minimum atomic E-state index is 0.355. The zero-order valence-electron chi connectivity index (χ0n) is 36.1. The first-order valence-corrected chi connectivity index (χ1v) is 24.1. The fraction of sp³-hybridized carbons (Fsp3) is 0.333. The van der Waals surface area contributed by atoms with Gasteiger partial charge < -0.3 is 9.47 Å². The molecule has 0 spiro atoms. The smallest absolute Gasteiger partial charge is 0.0552 e. The maximum atomic E-state index is 2.76. The van der Waals surface area contributed by atoms with Crippen molar-refractivity contribution in [2.24, 2.45) is 35.5 Å². The molecule has 0 N–H and O–H groups in total. The van der Waals surface area contributed by atoms with Gasteiger partial charge in [-0.2, -0.15) is 0 Å². The minimum Gasteiger partial charge on any atom is -0.358 e. The lowest BCUT2D eigenvalue weighted by molar-refractivity contribution is 0.308. The van der Waals surface area contributed by atoms with Gasteiger partial charge in [-0.15, -0.1) is 0 Å². The zero-order chi connectivity index (χ0) is 41.0. The van der Waals surface area contributed by atoms with E-state index >= 15 is 0 Å². The maximum absolute atomic E-state index is 2.76. The average Bonchev–Trinajstić information content (AvgIpc) is 3.87. The van der Waals surface area contributed by atoms with Crippen LogP contribution in [0.1, 0.15) is 92.1 Å². The van der Waals surface area contributed by atoms with Gasteiger partial charge in [0.1, 0.15) is 0 Å². The highest BCUT2D eigenvalue weighted by Crippen LogP contribution is 2.48. The van der Waals surface area contributed by atoms with Gasteiger partial charge in [0.05, 0.1) is 18.1 Å². The topological polar surface area (TPSA) is 8.17 Å². The quantitative estimate of drug-likeness (QED) is 0.216. The largest absolute Gasteiger partial charge is 0.358 e. The second-order valence-electron chi connectivity index (χ2n) is 19.5. The van der Waals surface area contributed by atoms with E-state index in [-0.39, 0.29) is 0 Å². The highest BCUT2D eigenvalue weighted by Gasteiger charge is 2.47. The molecule has 62 heavy (non-hydrogen) atoms. The first-order chi connectivity index (χ1) is 30.7. The van der Waals surface area contributed by atoms with Crippen LogP contribution < -0.4 is 10.6 Å². The zero-order valence-corrected chi connectivity index (χ0v) is 36.1. The fourth-order valence-corrected chi connectivity index (χ4v) is 12.9. The first kappa shape index (κ1) is 38.1. The number of rotatable bonds is 7. The SMILES string of the molecule is C1=CC2C3C=C(C4C=c5c6c(n(C7C=CC(c8ccccc8)CC7)c5=CC4)CCC=C6)C=CC3N(C3=CCC(C4=CC(C5CC=CCC5)CC(c5ccccc5)=C4)C=C3)C2C=C1. The van der Waals surface area contributed by atoms with Gasteiger partial charge in [-0.05, 0) is 110 Å². The molecule has 10 atom stereocenters.